The molecule has 1 rings (SSSR count). The molecule has 20 heavy (non-hydrogen) atoms. The Kier molecular flexibility index (Phi) is 12.9. The first-order valence-corrected chi connectivity index (χ1v) is 7.87. The van der Waals surface area contributed by atoms with Crippen molar-refractivity contribution in [2.24, 2.45) is 0 Å². The molecule has 1 fully saturated rings. The lowest BCUT2D eigenvalue weighted by atomic mass is 10.1. The summed E-state index contributed by atoms with van der Waals surface area (Å²) in [5.41, 5.74) is 0. The van der Waals surface area contributed by atoms with Gasteiger partial charge in [0, 0.05) is 13.2 Å². The summed E-state index contributed by atoms with van der Waals surface area (Å²) < 4.78 is 16.5. The Balaban J connectivity index is 0.00000172. The molecule has 1 N–H and O–H groups in total. The van der Waals surface area contributed by atoms with E-state index in [0.717, 1.165) is 25.7 Å². The Morgan fingerprint density at radius 1 is 1.30 bits per heavy atom. The van der Waals surface area contributed by atoms with Gasteiger partial charge in [0.2, 0.25) is 5.91 Å². The quantitative estimate of drug-likeness (QED) is 0.746. The van der Waals surface area contributed by atoms with E-state index in [9.17, 15) is 4.79 Å². The van der Waals surface area contributed by atoms with Gasteiger partial charge in [-0.25, -0.2) is 0 Å². The van der Waals surface area contributed by atoms with Gasteiger partial charge in [-0.1, -0.05) is 20.8 Å². The molecule has 0 aromatic rings. The largest absolute Gasteiger partial charge is 0.369 e. The first kappa shape index (κ1) is 19.4. The summed E-state index contributed by atoms with van der Waals surface area (Å²) in [7, 11) is 0. The van der Waals surface area contributed by atoms with Crippen molar-refractivity contribution in [2.75, 3.05) is 26.4 Å². The van der Waals surface area contributed by atoms with Crippen molar-refractivity contribution in [2.45, 2.75) is 65.8 Å². The van der Waals surface area contributed by atoms with Crippen molar-refractivity contribution in [1.82, 2.24) is 5.32 Å². The zero-order valence-electron chi connectivity index (χ0n) is 13.4. The van der Waals surface area contributed by atoms with E-state index in [0.29, 0.717) is 19.8 Å². The van der Waals surface area contributed by atoms with Crippen molar-refractivity contribution >= 4 is 5.91 Å². The van der Waals surface area contributed by atoms with E-state index in [2.05, 4.69) is 5.32 Å². The molecule has 5 heteroatoms. The zero-order chi connectivity index (χ0) is 15.2. The van der Waals surface area contributed by atoms with Crippen LogP contribution in [-0.2, 0) is 19.0 Å². The summed E-state index contributed by atoms with van der Waals surface area (Å²) in [6.45, 7) is 9.92. The van der Waals surface area contributed by atoms with Gasteiger partial charge in [-0.15, -0.1) is 0 Å². The van der Waals surface area contributed by atoms with Crippen LogP contribution in [0.25, 0.3) is 0 Å². The Labute approximate surface area is 123 Å². The number of carbonyl (C=O) groups is 1. The van der Waals surface area contributed by atoms with Crippen LogP contribution in [0, 0.1) is 0 Å². The molecule has 0 radical (unpaired) electrons. The SMILES string of the molecule is CC.CCCNC(=O)COCC1CCCC(OCC)O1. The van der Waals surface area contributed by atoms with E-state index in [4.69, 9.17) is 14.2 Å². The van der Waals surface area contributed by atoms with Crippen LogP contribution in [0.4, 0.5) is 0 Å². The smallest absolute Gasteiger partial charge is 0.245 e. The summed E-state index contributed by atoms with van der Waals surface area (Å²) >= 11 is 0. The number of nitrogens with one attached hydrogen (secondary N) is 1. The molecule has 5 nitrogen and oxygen atoms in total. The lowest BCUT2D eigenvalue weighted by Gasteiger charge is -2.29. The lowest BCUT2D eigenvalue weighted by molar-refractivity contribution is -0.202. The van der Waals surface area contributed by atoms with Gasteiger partial charge in [0.05, 0.1) is 12.7 Å². The second-order valence-corrected chi connectivity index (χ2v) is 4.44. The highest BCUT2D eigenvalue weighted by molar-refractivity contribution is 5.77. The predicted octanol–water partition coefficient (Wildman–Crippen LogP) is 2.49. The van der Waals surface area contributed by atoms with E-state index in [1.54, 1.807) is 0 Å². The van der Waals surface area contributed by atoms with Crippen LogP contribution in [0.5, 0.6) is 0 Å². The van der Waals surface area contributed by atoms with Gasteiger partial charge in [-0.3, -0.25) is 4.79 Å². The van der Waals surface area contributed by atoms with Crippen molar-refractivity contribution < 1.29 is 19.0 Å². The van der Waals surface area contributed by atoms with Crippen LogP contribution in [-0.4, -0.2) is 44.7 Å². The molecule has 2 atom stereocenters. The second kappa shape index (κ2) is 13.3. The van der Waals surface area contributed by atoms with Gasteiger partial charge in [0.25, 0.3) is 0 Å². The van der Waals surface area contributed by atoms with E-state index in [1.807, 2.05) is 27.7 Å². The molecular formula is C15H31NO4. The maximum Gasteiger partial charge on any atom is 0.245 e. The second-order valence-electron chi connectivity index (χ2n) is 4.44. The lowest BCUT2D eigenvalue weighted by Crippen LogP contribution is -2.34. The summed E-state index contributed by atoms with van der Waals surface area (Å²) in [5, 5.41) is 2.77. The van der Waals surface area contributed by atoms with Crippen molar-refractivity contribution in [3.63, 3.8) is 0 Å². The minimum absolute atomic E-state index is 0.0503. The van der Waals surface area contributed by atoms with Crippen molar-refractivity contribution in [1.29, 1.82) is 0 Å². The molecule has 1 aliphatic rings. The highest BCUT2D eigenvalue weighted by atomic mass is 16.7. The van der Waals surface area contributed by atoms with Crippen LogP contribution in [0.3, 0.4) is 0 Å². The van der Waals surface area contributed by atoms with E-state index < -0.39 is 0 Å². The number of carbonyl (C=O) groups excluding carboxylic acids is 1. The summed E-state index contributed by atoms with van der Waals surface area (Å²) in [6.07, 6.45) is 3.89. The van der Waals surface area contributed by atoms with Crippen LogP contribution in [0.15, 0.2) is 0 Å². The highest BCUT2D eigenvalue weighted by Crippen LogP contribution is 2.19. The molecular weight excluding hydrogens is 258 g/mol. The fraction of sp³-hybridized carbons (Fsp3) is 0.933. The van der Waals surface area contributed by atoms with Crippen molar-refractivity contribution in [3.05, 3.63) is 0 Å². The molecule has 1 saturated heterocycles. The Hall–Kier alpha value is -0.650. The molecule has 1 heterocycles. The maximum absolute atomic E-state index is 11.3. The molecule has 1 amide bonds. The van der Waals surface area contributed by atoms with Crippen LogP contribution in [0.1, 0.15) is 53.4 Å². The molecule has 0 aromatic carbocycles. The normalized spacial score (nSPS) is 21.8. The fourth-order valence-electron chi connectivity index (χ4n) is 1.89. The van der Waals surface area contributed by atoms with Gasteiger partial charge in [0.1, 0.15) is 6.61 Å². The Morgan fingerprint density at radius 3 is 2.70 bits per heavy atom. The number of amides is 1. The van der Waals surface area contributed by atoms with Gasteiger partial charge in [-0.2, -0.15) is 0 Å². The number of rotatable bonds is 8. The third-order valence-corrected chi connectivity index (χ3v) is 2.77. The summed E-state index contributed by atoms with van der Waals surface area (Å²) in [5.74, 6) is -0.0611. The highest BCUT2D eigenvalue weighted by Gasteiger charge is 2.22. The van der Waals surface area contributed by atoms with Gasteiger partial charge in [-0.05, 0) is 32.6 Å². The average molecular weight is 289 g/mol. The minimum Gasteiger partial charge on any atom is -0.369 e. The molecule has 0 spiro atoms. The minimum atomic E-state index is -0.105. The number of hydrogen-bond acceptors (Lipinski definition) is 4. The molecule has 0 saturated carbocycles. The number of hydrogen-bond donors (Lipinski definition) is 1. The topological polar surface area (TPSA) is 56.8 Å². The first-order valence-electron chi connectivity index (χ1n) is 7.87. The van der Waals surface area contributed by atoms with Gasteiger partial charge < -0.3 is 19.5 Å². The Morgan fingerprint density at radius 2 is 2.05 bits per heavy atom. The standard InChI is InChI=1S/C13H25NO4.C2H6/c1-3-8-14-12(15)10-16-9-11-6-5-7-13(18-11)17-4-2;1-2/h11,13H,3-10H2,1-2H3,(H,14,15);1-2H3. The average Bonchev–Trinajstić information content (AvgIpc) is 2.48. The third kappa shape index (κ3) is 9.28. The van der Waals surface area contributed by atoms with Gasteiger partial charge >= 0.3 is 0 Å². The molecule has 120 valence electrons. The first-order chi connectivity index (χ1) is 9.76. The molecule has 1 aliphatic heterocycles. The maximum atomic E-state index is 11.3. The van der Waals surface area contributed by atoms with Crippen LogP contribution >= 0.6 is 0 Å². The third-order valence-electron chi connectivity index (χ3n) is 2.77. The summed E-state index contributed by atoms with van der Waals surface area (Å²) in [6, 6.07) is 0. The predicted molar refractivity (Wildman–Crippen MR) is 79.6 cm³/mol. The van der Waals surface area contributed by atoms with E-state index >= 15 is 0 Å². The van der Waals surface area contributed by atoms with E-state index in [-0.39, 0.29) is 24.9 Å². The number of ether oxygens (including phenoxy) is 3. The monoisotopic (exact) mass is 289 g/mol. The summed E-state index contributed by atoms with van der Waals surface area (Å²) in [4.78, 5) is 11.3. The zero-order valence-corrected chi connectivity index (χ0v) is 13.4. The van der Waals surface area contributed by atoms with E-state index in [1.165, 1.54) is 0 Å². The fourth-order valence-corrected chi connectivity index (χ4v) is 1.89. The molecule has 0 bridgehead atoms. The van der Waals surface area contributed by atoms with Crippen molar-refractivity contribution in [3.8, 4) is 0 Å². The van der Waals surface area contributed by atoms with Crippen LogP contribution < -0.4 is 5.32 Å². The molecule has 0 aliphatic carbocycles. The molecule has 0 aromatic heterocycles. The van der Waals surface area contributed by atoms with Crippen LogP contribution in [0.2, 0.25) is 0 Å². The Bertz CT molecular complexity index is 234. The molecule has 2 unspecified atom stereocenters. The van der Waals surface area contributed by atoms with Gasteiger partial charge in [0.15, 0.2) is 6.29 Å².